The van der Waals surface area contributed by atoms with Gasteiger partial charge >= 0.3 is 5.97 Å². The summed E-state index contributed by atoms with van der Waals surface area (Å²) in [5.41, 5.74) is 3.73. The minimum atomic E-state index is -4.24. The molecule has 9 nitrogen and oxygen atoms in total. The van der Waals surface area contributed by atoms with E-state index in [2.05, 4.69) is 4.98 Å². The minimum Gasteiger partial charge on any atom is -0.476 e. The van der Waals surface area contributed by atoms with Gasteiger partial charge in [0.1, 0.15) is 16.5 Å². The predicted octanol–water partition coefficient (Wildman–Crippen LogP) is 5.06. The van der Waals surface area contributed by atoms with Crippen molar-refractivity contribution >= 4 is 27.3 Å². The molecule has 0 spiro atoms. The number of aromatic nitrogens is 3. The number of carboxylic acids is 1. The van der Waals surface area contributed by atoms with Gasteiger partial charge in [-0.25, -0.2) is 36.8 Å². The molecule has 220 valence electrons. The summed E-state index contributed by atoms with van der Waals surface area (Å²) in [6, 6.07) is 8.69. The molecule has 0 amide bonds. The van der Waals surface area contributed by atoms with Crippen molar-refractivity contribution in [3.05, 3.63) is 81.5 Å². The van der Waals surface area contributed by atoms with Crippen molar-refractivity contribution in [2.75, 3.05) is 13.2 Å². The zero-order chi connectivity index (χ0) is 29.6. The Hall–Kier alpha value is -3.52. The third-order valence-electron chi connectivity index (χ3n) is 7.78. The summed E-state index contributed by atoms with van der Waals surface area (Å²) in [7, 11) is -4.24. The molecule has 3 N–H and O–H groups in total. The van der Waals surface area contributed by atoms with Crippen molar-refractivity contribution in [2.45, 2.75) is 49.3 Å². The number of hydrogen-bond acceptors (Lipinski definition) is 7. The van der Waals surface area contributed by atoms with Crippen LogP contribution in [0.3, 0.4) is 0 Å². The van der Waals surface area contributed by atoms with Gasteiger partial charge in [-0.2, -0.15) is 5.10 Å². The van der Waals surface area contributed by atoms with Crippen LogP contribution in [0.4, 0.5) is 8.78 Å². The Kier molecular flexibility index (Phi) is 7.68. The molecule has 6 rings (SSSR count). The Morgan fingerprint density at radius 1 is 1.10 bits per heavy atom. The molecule has 0 radical (unpaired) electrons. The van der Waals surface area contributed by atoms with E-state index in [9.17, 15) is 22.7 Å². The monoisotopic (exact) mass is 614 g/mol. The van der Waals surface area contributed by atoms with Gasteiger partial charge in [-0.3, -0.25) is 0 Å². The number of hydrogen-bond donors (Lipinski definition) is 2. The summed E-state index contributed by atoms with van der Waals surface area (Å²) in [6.45, 7) is 1.10. The number of carboxylic acid groups (broad SMARTS) is 1. The van der Waals surface area contributed by atoms with Gasteiger partial charge in [0.15, 0.2) is 5.69 Å². The van der Waals surface area contributed by atoms with Crippen molar-refractivity contribution in [1.82, 2.24) is 14.8 Å². The lowest BCUT2D eigenvalue weighted by Gasteiger charge is -2.23. The molecule has 1 aliphatic carbocycles. The average molecular weight is 615 g/mol. The first-order valence-corrected chi connectivity index (χ1v) is 16.0. The van der Waals surface area contributed by atoms with E-state index in [1.807, 2.05) is 0 Å². The van der Waals surface area contributed by atoms with Gasteiger partial charge in [0, 0.05) is 36.1 Å². The molecule has 2 fully saturated rings. The summed E-state index contributed by atoms with van der Waals surface area (Å²) in [6.07, 6.45) is 4.28. The molecule has 1 aliphatic heterocycles. The molecule has 2 aromatic carbocycles. The van der Waals surface area contributed by atoms with E-state index >= 15 is 4.39 Å². The lowest BCUT2D eigenvalue weighted by atomic mass is 9.89. The summed E-state index contributed by atoms with van der Waals surface area (Å²) in [5, 5.41) is 21.4. The maximum Gasteiger partial charge on any atom is 0.355 e. The Morgan fingerprint density at radius 3 is 2.50 bits per heavy atom. The number of rotatable bonds is 9. The molecule has 2 aromatic heterocycles. The first kappa shape index (κ1) is 28.6. The number of nitrogens with two attached hydrogens (primary N) is 1. The van der Waals surface area contributed by atoms with Crippen molar-refractivity contribution in [3.8, 4) is 16.4 Å². The molecular formula is C29H28F2N4O5S2. The van der Waals surface area contributed by atoms with E-state index in [4.69, 9.17) is 15.0 Å². The molecule has 4 aromatic rings. The van der Waals surface area contributed by atoms with E-state index in [0.717, 1.165) is 47.6 Å². The number of benzene rings is 2. The van der Waals surface area contributed by atoms with Crippen molar-refractivity contribution in [2.24, 2.45) is 11.1 Å². The van der Waals surface area contributed by atoms with E-state index in [0.29, 0.717) is 65.9 Å². The molecule has 0 unspecified atom stereocenters. The fraction of sp³-hybridized carbons (Fsp3) is 0.345. The Bertz CT molecular complexity index is 1780. The highest BCUT2D eigenvalue weighted by atomic mass is 32.2. The maximum absolute atomic E-state index is 15.1. The van der Waals surface area contributed by atoms with Gasteiger partial charge in [0.2, 0.25) is 15.2 Å². The van der Waals surface area contributed by atoms with E-state index in [1.54, 1.807) is 16.8 Å². The van der Waals surface area contributed by atoms with Crippen molar-refractivity contribution in [3.63, 3.8) is 0 Å². The Morgan fingerprint density at radius 2 is 1.86 bits per heavy atom. The van der Waals surface area contributed by atoms with Crippen LogP contribution in [0.1, 0.15) is 64.5 Å². The van der Waals surface area contributed by atoms with Gasteiger partial charge in [-0.05, 0) is 85.4 Å². The van der Waals surface area contributed by atoms with Crippen LogP contribution in [0.2, 0.25) is 0 Å². The highest BCUT2D eigenvalue weighted by Gasteiger charge is 2.30. The molecule has 42 heavy (non-hydrogen) atoms. The highest BCUT2D eigenvalue weighted by Crippen LogP contribution is 2.39. The Labute approximate surface area is 245 Å². The van der Waals surface area contributed by atoms with E-state index < -0.39 is 26.7 Å². The number of primary sulfonamides is 1. The van der Waals surface area contributed by atoms with Gasteiger partial charge in [-0.15, -0.1) is 11.3 Å². The molecule has 0 bridgehead atoms. The molecule has 1 saturated heterocycles. The first-order chi connectivity index (χ1) is 20.1. The third-order valence-corrected chi connectivity index (χ3v) is 9.54. The predicted molar refractivity (Wildman–Crippen MR) is 151 cm³/mol. The topological polar surface area (TPSA) is 137 Å². The van der Waals surface area contributed by atoms with Gasteiger partial charge < -0.3 is 9.84 Å². The fourth-order valence-electron chi connectivity index (χ4n) is 5.43. The molecule has 3 heterocycles. The van der Waals surface area contributed by atoms with Gasteiger partial charge in [0.05, 0.1) is 11.4 Å². The molecule has 0 atom stereocenters. The summed E-state index contributed by atoms with van der Waals surface area (Å²) >= 11 is 1.15. The second-order valence-corrected chi connectivity index (χ2v) is 13.1. The molecule has 13 heteroatoms. The number of sulfonamides is 1. The van der Waals surface area contributed by atoms with Crippen LogP contribution in [0.15, 0.2) is 46.7 Å². The molecular weight excluding hydrogens is 586 g/mol. The quantitative estimate of drug-likeness (QED) is 0.269. The second-order valence-electron chi connectivity index (χ2n) is 10.8. The lowest BCUT2D eigenvalue weighted by molar-refractivity contribution is 0.0691. The molecule has 2 aliphatic rings. The highest BCUT2D eigenvalue weighted by molar-refractivity contribution is 7.89. The van der Waals surface area contributed by atoms with Crippen LogP contribution in [0, 0.1) is 17.6 Å². The van der Waals surface area contributed by atoms with Crippen LogP contribution < -0.4 is 5.14 Å². The zero-order valence-corrected chi connectivity index (χ0v) is 24.1. The van der Waals surface area contributed by atoms with Crippen LogP contribution in [0.5, 0.6) is 0 Å². The largest absolute Gasteiger partial charge is 0.476 e. The van der Waals surface area contributed by atoms with Crippen molar-refractivity contribution < 1.29 is 31.8 Å². The first-order valence-electron chi connectivity index (χ1n) is 13.6. The standard InChI is InChI=1S/C29H28F2N4O5S2/c30-22-5-4-19(14-20(22)18-7-9-40-10-8-18)27-21(11-17-3-6-26(23(31)12-17)42(32,38)39)25(13-16-1-2-16)35(34-27)29-33-24(15-41-29)28(36)37/h3-6,12,14-16,18H,1-2,7-11,13H2,(H,36,37)(H2,32,38,39). The molecule has 1 saturated carbocycles. The van der Waals surface area contributed by atoms with E-state index in [1.165, 1.54) is 17.5 Å². The smallest absolute Gasteiger partial charge is 0.355 e. The van der Waals surface area contributed by atoms with Gasteiger partial charge in [0.25, 0.3) is 0 Å². The number of thiazole rings is 1. The van der Waals surface area contributed by atoms with Crippen LogP contribution in [-0.2, 0) is 27.6 Å². The van der Waals surface area contributed by atoms with Crippen molar-refractivity contribution in [1.29, 1.82) is 0 Å². The summed E-state index contributed by atoms with van der Waals surface area (Å²) < 4.78 is 60.6. The van der Waals surface area contributed by atoms with Gasteiger partial charge in [-0.1, -0.05) is 6.07 Å². The number of halogens is 2. The van der Waals surface area contributed by atoms with E-state index in [-0.39, 0.29) is 23.8 Å². The average Bonchev–Trinajstić information content (AvgIpc) is 3.51. The van der Waals surface area contributed by atoms with Crippen LogP contribution >= 0.6 is 11.3 Å². The number of aromatic carboxylic acids is 1. The summed E-state index contributed by atoms with van der Waals surface area (Å²) in [4.78, 5) is 15.3. The van der Waals surface area contributed by atoms with Crippen LogP contribution in [-0.4, -0.2) is 47.5 Å². The van der Waals surface area contributed by atoms with Crippen LogP contribution in [0.25, 0.3) is 16.4 Å². The summed E-state index contributed by atoms with van der Waals surface area (Å²) in [5.74, 6) is -2.02. The number of nitrogens with zero attached hydrogens (tertiary/aromatic N) is 3. The minimum absolute atomic E-state index is 0.00731. The lowest BCUT2D eigenvalue weighted by Crippen LogP contribution is -2.15. The Balaban J connectivity index is 1.51. The number of carbonyl (C=O) groups is 1. The maximum atomic E-state index is 15.1. The zero-order valence-electron chi connectivity index (χ0n) is 22.4. The number of ether oxygens (including phenoxy) is 1. The normalized spacial score (nSPS) is 16.2. The third kappa shape index (κ3) is 5.87. The second kappa shape index (κ2) is 11.3. The SMILES string of the molecule is NS(=O)(=O)c1ccc(Cc2c(-c3ccc(F)c(C4CCOCC4)c3)nn(-c3nc(C(=O)O)cs3)c2CC2CC2)cc1F. The fourth-order valence-corrected chi connectivity index (χ4v) is 6.79.